The molecule has 0 heterocycles. The summed E-state index contributed by atoms with van der Waals surface area (Å²) in [5.41, 5.74) is 0. The molecule has 0 bridgehead atoms. The Balaban J connectivity index is 3.97. The minimum atomic E-state index is -1.23. The Kier molecular flexibility index (Phi) is 12.0. The van der Waals surface area contributed by atoms with Crippen LogP contribution in [-0.4, -0.2) is 59.8 Å². The van der Waals surface area contributed by atoms with E-state index in [-0.39, 0.29) is 26.4 Å². The van der Waals surface area contributed by atoms with Gasteiger partial charge in [-0.05, 0) is 25.7 Å². The van der Waals surface area contributed by atoms with Crippen molar-refractivity contribution in [3.8, 4) is 0 Å². The van der Waals surface area contributed by atoms with Crippen molar-refractivity contribution < 1.29 is 39.4 Å². The Morgan fingerprint density at radius 3 is 2.10 bits per heavy atom. The lowest BCUT2D eigenvalue weighted by Crippen LogP contribution is -2.30. The number of rotatable bonds is 13. The van der Waals surface area contributed by atoms with Crippen LogP contribution in [0.1, 0.15) is 32.1 Å². The summed E-state index contributed by atoms with van der Waals surface area (Å²) >= 11 is 0. The van der Waals surface area contributed by atoms with Crippen LogP contribution in [0.25, 0.3) is 0 Å². The highest BCUT2D eigenvalue weighted by atomic mass is 17.2. The van der Waals surface area contributed by atoms with Gasteiger partial charge in [0.2, 0.25) is 0 Å². The summed E-state index contributed by atoms with van der Waals surface area (Å²) in [5.74, 6) is -2.09. The quantitative estimate of drug-likeness (QED) is 0.244. The molecule has 0 rings (SSSR count). The number of unbranched alkanes of at least 4 members (excludes halogenated alkanes) is 2. The van der Waals surface area contributed by atoms with Crippen LogP contribution in [0.2, 0.25) is 0 Å². The fourth-order valence-corrected chi connectivity index (χ4v) is 1.23. The van der Waals surface area contributed by atoms with E-state index >= 15 is 0 Å². The zero-order valence-corrected chi connectivity index (χ0v) is 11.3. The van der Waals surface area contributed by atoms with Gasteiger partial charge in [0.05, 0.1) is 13.0 Å². The third-order valence-electron chi connectivity index (χ3n) is 2.27. The van der Waals surface area contributed by atoms with Crippen molar-refractivity contribution in [2.75, 3.05) is 26.4 Å². The molecule has 0 aliphatic carbocycles. The van der Waals surface area contributed by atoms with E-state index in [0.29, 0.717) is 25.7 Å². The summed E-state index contributed by atoms with van der Waals surface area (Å²) in [6.07, 6.45) is 0.310. The number of aliphatic carboxylic acids is 1. The van der Waals surface area contributed by atoms with Crippen molar-refractivity contribution in [1.82, 2.24) is 0 Å². The topological polar surface area (TPSA) is 123 Å². The lowest BCUT2D eigenvalue weighted by molar-refractivity contribution is -0.280. The smallest absolute Gasteiger partial charge is 0.371 e. The van der Waals surface area contributed by atoms with Gasteiger partial charge in [0.25, 0.3) is 0 Å². The molecule has 0 aromatic rings. The number of aliphatic hydroxyl groups is 2. The SMILES string of the molecule is O=C(O)CC(OCCCCO)C(=O)OOCCCCO. The number of carboxylic acid groups (broad SMARTS) is 1. The third kappa shape index (κ3) is 10.7. The monoisotopic (exact) mass is 294 g/mol. The zero-order chi connectivity index (χ0) is 15.2. The minimum Gasteiger partial charge on any atom is -0.481 e. The number of aliphatic hydroxyl groups excluding tert-OH is 2. The van der Waals surface area contributed by atoms with Gasteiger partial charge in [-0.1, -0.05) is 0 Å². The molecule has 3 N–H and O–H groups in total. The van der Waals surface area contributed by atoms with Gasteiger partial charge < -0.3 is 20.1 Å². The minimum absolute atomic E-state index is 0.00533. The molecule has 0 fully saturated rings. The molecule has 0 amide bonds. The Hall–Kier alpha value is -1.22. The third-order valence-corrected chi connectivity index (χ3v) is 2.27. The van der Waals surface area contributed by atoms with Crippen LogP contribution >= 0.6 is 0 Å². The van der Waals surface area contributed by atoms with Crippen molar-refractivity contribution in [3.63, 3.8) is 0 Å². The first kappa shape index (κ1) is 18.8. The molecule has 1 atom stereocenters. The molecule has 0 saturated heterocycles. The highest BCUT2D eigenvalue weighted by Crippen LogP contribution is 2.05. The zero-order valence-electron chi connectivity index (χ0n) is 11.3. The number of carbonyl (C=O) groups excluding carboxylic acids is 1. The molecule has 0 saturated carbocycles. The van der Waals surface area contributed by atoms with Gasteiger partial charge in [-0.15, -0.1) is 0 Å². The van der Waals surface area contributed by atoms with Crippen molar-refractivity contribution >= 4 is 11.9 Å². The molecule has 118 valence electrons. The summed E-state index contributed by atoms with van der Waals surface area (Å²) in [4.78, 5) is 31.2. The second-order valence-electron chi connectivity index (χ2n) is 4.04. The van der Waals surface area contributed by atoms with Crippen molar-refractivity contribution in [2.24, 2.45) is 0 Å². The molecule has 0 radical (unpaired) electrons. The maximum Gasteiger partial charge on any atom is 0.371 e. The summed E-state index contributed by atoms with van der Waals surface area (Å²) in [7, 11) is 0. The highest BCUT2D eigenvalue weighted by molar-refractivity contribution is 5.80. The van der Waals surface area contributed by atoms with E-state index in [1.807, 2.05) is 0 Å². The molecule has 0 aromatic carbocycles. The average molecular weight is 294 g/mol. The van der Waals surface area contributed by atoms with Gasteiger partial charge in [0, 0.05) is 19.8 Å². The molecule has 8 heteroatoms. The second-order valence-corrected chi connectivity index (χ2v) is 4.04. The fraction of sp³-hybridized carbons (Fsp3) is 0.833. The van der Waals surface area contributed by atoms with Crippen LogP contribution < -0.4 is 0 Å². The first-order chi connectivity index (χ1) is 9.61. The van der Waals surface area contributed by atoms with Gasteiger partial charge in [-0.25, -0.2) is 4.79 Å². The summed E-state index contributed by atoms with van der Waals surface area (Å²) in [6.45, 7) is 0.299. The maximum atomic E-state index is 11.5. The number of hydrogen-bond acceptors (Lipinski definition) is 7. The number of ether oxygens (including phenoxy) is 1. The second kappa shape index (κ2) is 12.8. The van der Waals surface area contributed by atoms with Gasteiger partial charge in [0.15, 0.2) is 6.10 Å². The molecule has 0 aliphatic heterocycles. The Bertz CT molecular complexity index is 268. The van der Waals surface area contributed by atoms with Crippen molar-refractivity contribution in [1.29, 1.82) is 0 Å². The normalized spacial score (nSPS) is 12.1. The number of carbonyl (C=O) groups is 2. The molecular formula is C12H22O8. The molecule has 8 nitrogen and oxygen atoms in total. The standard InChI is InChI=1S/C12H22O8/c13-5-1-3-7-18-10(9-11(15)16)12(17)20-19-8-4-2-6-14/h10,13-14H,1-9H2,(H,15,16). The molecule has 1 unspecified atom stereocenters. The van der Waals surface area contributed by atoms with Gasteiger partial charge in [0.1, 0.15) is 0 Å². The Morgan fingerprint density at radius 1 is 0.950 bits per heavy atom. The van der Waals surface area contributed by atoms with Crippen LogP contribution in [0.5, 0.6) is 0 Å². The van der Waals surface area contributed by atoms with Crippen molar-refractivity contribution in [2.45, 2.75) is 38.2 Å². The van der Waals surface area contributed by atoms with Crippen LogP contribution in [-0.2, 0) is 24.1 Å². The molecular weight excluding hydrogens is 272 g/mol. The van der Waals surface area contributed by atoms with Gasteiger partial charge >= 0.3 is 11.9 Å². The van der Waals surface area contributed by atoms with Gasteiger partial charge in [-0.2, -0.15) is 4.89 Å². The molecule has 0 spiro atoms. The molecule has 20 heavy (non-hydrogen) atoms. The van der Waals surface area contributed by atoms with Crippen LogP contribution in [0.4, 0.5) is 0 Å². The summed E-state index contributed by atoms with van der Waals surface area (Å²) in [6, 6.07) is 0. The Morgan fingerprint density at radius 2 is 1.55 bits per heavy atom. The first-order valence-corrected chi connectivity index (χ1v) is 6.50. The van der Waals surface area contributed by atoms with E-state index in [1.54, 1.807) is 0 Å². The Labute approximate surface area is 117 Å². The first-order valence-electron chi connectivity index (χ1n) is 6.50. The van der Waals surface area contributed by atoms with E-state index in [9.17, 15) is 9.59 Å². The molecule has 0 aliphatic rings. The fourth-order valence-electron chi connectivity index (χ4n) is 1.23. The van der Waals surface area contributed by atoms with Crippen LogP contribution in [0, 0.1) is 0 Å². The summed E-state index contributed by atoms with van der Waals surface area (Å²) in [5, 5.41) is 25.8. The van der Waals surface area contributed by atoms with E-state index in [4.69, 9.17) is 20.1 Å². The van der Waals surface area contributed by atoms with Crippen LogP contribution in [0.15, 0.2) is 0 Å². The largest absolute Gasteiger partial charge is 0.481 e. The average Bonchev–Trinajstić information content (AvgIpc) is 2.41. The van der Waals surface area contributed by atoms with E-state index < -0.39 is 24.5 Å². The van der Waals surface area contributed by atoms with E-state index in [2.05, 4.69) is 9.78 Å². The predicted octanol–water partition coefficient (Wildman–Crippen LogP) is -0.134. The predicted molar refractivity (Wildman–Crippen MR) is 66.7 cm³/mol. The number of carboxylic acids is 1. The van der Waals surface area contributed by atoms with E-state index in [1.165, 1.54) is 0 Å². The van der Waals surface area contributed by atoms with E-state index in [0.717, 1.165) is 0 Å². The maximum absolute atomic E-state index is 11.5. The number of hydrogen-bond donors (Lipinski definition) is 3. The van der Waals surface area contributed by atoms with Gasteiger partial charge in [-0.3, -0.25) is 9.68 Å². The lowest BCUT2D eigenvalue weighted by Gasteiger charge is -2.14. The summed E-state index contributed by atoms with van der Waals surface area (Å²) < 4.78 is 5.11. The van der Waals surface area contributed by atoms with Crippen LogP contribution in [0.3, 0.4) is 0 Å². The van der Waals surface area contributed by atoms with Crippen molar-refractivity contribution in [3.05, 3.63) is 0 Å². The highest BCUT2D eigenvalue weighted by Gasteiger charge is 2.25. The molecule has 0 aromatic heterocycles. The lowest BCUT2D eigenvalue weighted by atomic mass is 10.2.